The van der Waals surface area contributed by atoms with Crippen molar-refractivity contribution in [1.82, 2.24) is 14.9 Å². The maximum absolute atomic E-state index is 12.3. The lowest BCUT2D eigenvalue weighted by Gasteiger charge is -2.26. The molecule has 0 aliphatic carbocycles. The number of aromatic nitrogens is 2. The third kappa shape index (κ3) is 3.09. The van der Waals surface area contributed by atoms with Crippen LogP contribution in [0.25, 0.3) is 0 Å². The maximum Gasteiger partial charge on any atom is 0.274 e. The van der Waals surface area contributed by atoms with Gasteiger partial charge >= 0.3 is 0 Å². The number of amides is 1. The highest BCUT2D eigenvalue weighted by molar-refractivity contribution is 7.91. The molecular formula is C12H16ClN3O3S. The molecule has 2 rings (SSSR count). The average molecular weight is 318 g/mol. The number of hydrogen-bond donors (Lipinski definition) is 0. The molecule has 1 aromatic rings. The van der Waals surface area contributed by atoms with Crippen molar-refractivity contribution < 1.29 is 13.2 Å². The van der Waals surface area contributed by atoms with Crippen LogP contribution in [-0.2, 0) is 9.84 Å². The predicted octanol–water partition coefficient (Wildman–Crippen LogP) is 1.55. The zero-order valence-corrected chi connectivity index (χ0v) is 12.7. The normalized spacial score (nSPS) is 16.2. The number of likely N-dealkylation sites (tertiary alicyclic amines) is 1. The van der Waals surface area contributed by atoms with E-state index in [1.165, 1.54) is 13.1 Å². The second-order valence-corrected chi connectivity index (χ2v) is 7.18. The van der Waals surface area contributed by atoms with E-state index in [2.05, 4.69) is 9.97 Å². The van der Waals surface area contributed by atoms with Gasteiger partial charge in [-0.15, -0.1) is 0 Å². The van der Waals surface area contributed by atoms with Gasteiger partial charge in [-0.1, -0.05) is 18.5 Å². The van der Waals surface area contributed by atoms with Crippen molar-refractivity contribution in [3.63, 3.8) is 0 Å². The summed E-state index contributed by atoms with van der Waals surface area (Å²) in [7, 11) is -3.55. The Hall–Kier alpha value is -1.21. The highest BCUT2D eigenvalue weighted by Crippen LogP contribution is 2.19. The van der Waals surface area contributed by atoms with E-state index in [1.54, 1.807) is 4.90 Å². The predicted molar refractivity (Wildman–Crippen MR) is 74.5 cm³/mol. The van der Waals surface area contributed by atoms with Crippen LogP contribution in [0, 0.1) is 0 Å². The van der Waals surface area contributed by atoms with Crippen LogP contribution in [-0.4, -0.2) is 48.0 Å². The van der Waals surface area contributed by atoms with Gasteiger partial charge in [0.15, 0.2) is 5.69 Å². The Morgan fingerprint density at radius 2 is 2.00 bits per heavy atom. The molecule has 0 atom stereocenters. The minimum atomic E-state index is -3.55. The molecule has 1 fully saturated rings. The quantitative estimate of drug-likeness (QED) is 0.790. The van der Waals surface area contributed by atoms with Crippen molar-refractivity contribution in [2.45, 2.75) is 31.3 Å². The molecule has 2 heterocycles. The summed E-state index contributed by atoms with van der Waals surface area (Å²) < 4.78 is 23.5. The standard InChI is InChI=1S/C12H16ClN3O3S/c1-2-20(18,19)12-14-8-9(13)10(15-12)11(17)16-6-4-3-5-7-16/h8H,2-7H2,1H3. The summed E-state index contributed by atoms with van der Waals surface area (Å²) in [5.41, 5.74) is -0.0319. The number of hydrogen-bond acceptors (Lipinski definition) is 5. The van der Waals surface area contributed by atoms with Gasteiger partial charge < -0.3 is 4.90 Å². The summed E-state index contributed by atoms with van der Waals surface area (Å²) in [5, 5.41) is -0.264. The van der Waals surface area contributed by atoms with Crippen LogP contribution in [0.2, 0.25) is 5.02 Å². The van der Waals surface area contributed by atoms with Gasteiger partial charge in [0.2, 0.25) is 15.0 Å². The van der Waals surface area contributed by atoms with Gasteiger partial charge in [-0.25, -0.2) is 18.4 Å². The van der Waals surface area contributed by atoms with Crippen LogP contribution in [0.4, 0.5) is 0 Å². The van der Waals surface area contributed by atoms with Crippen molar-refractivity contribution in [3.8, 4) is 0 Å². The van der Waals surface area contributed by atoms with E-state index in [0.717, 1.165) is 19.3 Å². The van der Waals surface area contributed by atoms with E-state index in [4.69, 9.17) is 11.6 Å². The van der Waals surface area contributed by atoms with Crippen LogP contribution < -0.4 is 0 Å². The Morgan fingerprint density at radius 3 is 2.60 bits per heavy atom. The number of piperidine rings is 1. The monoisotopic (exact) mass is 317 g/mol. The minimum absolute atomic E-state index is 0.0319. The van der Waals surface area contributed by atoms with Gasteiger partial charge in [-0.3, -0.25) is 4.79 Å². The highest BCUT2D eigenvalue weighted by Gasteiger charge is 2.25. The molecule has 6 nitrogen and oxygen atoms in total. The third-order valence-electron chi connectivity index (χ3n) is 3.23. The molecule has 1 aliphatic heterocycles. The number of rotatable bonds is 3. The summed E-state index contributed by atoms with van der Waals surface area (Å²) >= 11 is 5.94. The van der Waals surface area contributed by atoms with Gasteiger partial charge in [-0.05, 0) is 19.3 Å². The highest BCUT2D eigenvalue weighted by atomic mass is 35.5. The number of carbonyl (C=O) groups is 1. The fraction of sp³-hybridized carbons (Fsp3) is 0.583. The number of carbonyl (C=O) groups excluding carboxylic acids is 1. The SMILES string of the molecule is CCS(=O)(=O)c1ncc(Cl)c(C(=O)N2CCCCC2)n1. The van der Waals surface area contributed by atoms with Crippen molar-refractivity contribution in [2.24, 2.45) is 0 Å². The fourth-order valence-electron chi connectivity index (χ4n) is 2.03. The second-order valence-electron chi connectivity index (χ2n) is 4.61. The Bertz CT molecular complexity index is 612. The summed E-state index contributed by atoms with van der Waals surface area (Å²) in [6, 6.07) is 0. The molecule has 0 unspecified atom stereocenters. The van der Waals surface area contributed by atoms with Gasteiger partial charge in [-0.2, -0.15) is 0 Å². The van der Waals surface area contributed by atoms with E-state index in [1.807, 2.05) is 0 Å². The van der Waals surface area contributed by atoms with Gasteiger partial charge in [0.05, 0.1) is 17.0 Å². The van der Waals surface area contributed by atoms with E-state index >= 15 is 0 Å². The lowest BCUT2D eigenvalue weighted by atomic mass is 10.1. The molecule has 1 aromatic heterocycles. The number of halogens is 1. The molecule has 1 amide bonds. The van der Waals surface area contributed by atoms with Gasteiger partial charge in [0, 0.05) is 13.1 Å². The largest absolute Gasteiger partial charge is 0.337 e. The smallest absolute Gasteiger partial charge is 0.274 e. The molecule has 8 heteroatoms. The van der Waals surface area contributed by atoms with E-state index in [9.17, 15) is 13.2 Å². The molecule has 110 valence electrons. The zero-order chi connectivity index (χ0) is 14.8. The molecular weight excluding hydrogens is 302 g/mol. The first-order chi connectivity index (χ1) is 9.45. The Morgan fingerprint density at radius 1 is 1.35 bits per heavy atom. The average Bonchev–Trinajstić information content (AvgIpc) is 2.47. The van der Waals surface area contributed by atoms with Crippen LogP contribution >= 0.6 is 11.6 Å². The first-order valence-electron chi connectivity index (χ1n) is 6.50. The molecule has 20 heavy (non-hydrogen) atoms. The van der Waals surface area contributed by atoms with E-state index < -0.39 is 9.84 Å². The van der Waals surface area contributed by atoms with E-state index in [0.29, 0.717) is 13.1 Å². The molecule has 0 N–H and O–H groups in total. The molecule has 0 radical (unpaired) electrons. The van der Waals surface area contributed by atoms with Crippen molar-refractivity contribution in [1.29, 1.82) is 0 Å². The molecule has 0 bridgehead atoms. The van der Waals surface area contributed by atoms with Crippen LogP contribution in [0.3, 0.4) is 0 Å². The zero-order valence-electron chi connectivity index (χ0n) is 11.2. The summed E-state index contributed by atoms with van der Waals surface area (Å²) in [4.78, 5) is 21.6. The van der Waals surface area contributed by atoms with Gasteiger partial charge in [0.1, 0.15) is 0 Å². The number of nitrogens with zero attached hydrogens (tertiary/aromatic N) is 3. The first kappa shape index (κ1) is 15.2. The first-order valence-corrected chi connectivity index (χ1v) is 8.53. The summed E-state index contributed by atoms with van der Waals surface area (Å²) in [6.45, 7) is 2.80. The minimum Gasteiger partial charge on any atom is -0.337 e. The third-order valence-corrected chi connectivity index (χ3v) is 5.02. The Labute approximate surface area is 123 Å². The van der Waals surface area contributed by atoms with Crippen LogP contribution in [0.15, 0.2) is 11.4 Å². The molecule has 1 saturated heterocycles. The molecule has 0 spiro atoms. The lowest BCUT2D eigenvalue weighted by molar-refractivity contribution is 0.0717. The van der Waals surface area contributed by atoms with Crippen LogP contribution in [0.5, 0.6) is 0 Å². The van der Waals surface area contributed by atoms with Crippen LogP contribution in [0.1, 0.15) is 36.7 Å². The van der Waals surface area contributed by atoms with Crippen molar-refractivity contribution in [3.05, 3.63) is 16.9 Å². The van der Waals surface area contributed by atoms with E-state index in [-0.39, 0.29) is 27.5 Å². The van der Waals surface area contributed by atoms with Crippen molar-refractivity contribution in [2.75, 3.05) is 18.8 Å². The summed E-state index contributed by atoms with van der Waals surface area (Å²) in [5.74, 6) is -0.448. The lowest BCUT2D eigenvalue weighted by Crippen LogP contribution is -2.36. The molecule has 1 aliphatic rings. The second kappa shape index (κ2) is 6.05. The van der Waals surface area contributed by atoms with Crippen molar-refractivity contribution >= 4 is 27.3 Å². The maximum atomic E-state index is 12.3. The van der Waals surface area contributed by atoms with Gasteiger partial charge in [0.25, 0.3) is 5.91 Å². The summed E-state index contributed by atoms with van der Waals surface area (Å²) in [6.07, 6.45) is 4.15. The Balaban J connectivity index is 2.35. The fourth-order valence-corrected chi connectivity index (χ4v) is 2.90. The number of sulfone groups is 1. The Kier molecular flexibility index (Phi) is 4.59. The topological polar surface area (TPSA) is 80.2 Å². The molecule has 0 saturated carbocycles. The molecule has 0 aromatic carbocycles.